The number of aromatic amines is 1. The van der Waals surface area contributed by atoms with E-state index in [0.29, 0.717) is 27.5 Å². The minimum atomic E-state index is -0.472. The normalized spacial score (nSPS) is 10.8. The van der Waals surface area contributed by atoms with Gasteiger partial charge in [-0.1, -0.05) is 41.9 Å². The van der Waals surface area contributed by atoms with E-state index in [-0.39, 0.29) is 11.3 Å². The van der Waals surface area contributed by atoms with Crippen molar-refractivity contribution in [2.24, 2.45) is 0 Å². The molecule has 7 nitrogen and oxygen atoms in total. The Morgan fingerprint density at radius 3 is 2.77 bits per heavy atom. The van der Waals surface area contributed by atoms with Gasteiger partial charge >= 0.3 is 0 Å². The molecule has 0 radical (unpaired) electrons. The summed E-state index contributed by atoms with van der Waals surface area (Å²) in [7, 11) is 0. The lowest BCUT2D eigenvalue weighted by molar-refractivity contribution is 0.102. The summed E-state index contributed by atoms with van der Waals surface area (Å²) in [4.78, 5) is 12.7. The van der Waals surface area contributed by atoms with Crippen LogP contribution in [0, 0.1) is 0 Å². The molecule has 0 fully saturated rings. The summed E-state index contributed by atoms with van der Waals surface area (Å²) in [5.41, 5.74) is 1.12. The third kappa shape index (κ3) is 2.84. The lowest BCUT2D eigenvalue weighted by Crippen LogP contribution is -2.13. The van der Waals surface area contributed by atoms with E-state index in [4.69, 9.17) is 11.6 Å². The number of rotatable bonds is 3. The van der Waals surface area contributed by atoms with E-state index in [2.05, 4.69) is 25.9 Å². The first-order valence-electron chi connectivity index (χ1n) is 7.69. The summed E-state index contributed by atoms with van der Waals surface area (Å²) >= 11 is 6.05. The van der Waals surface area contributed by atoms with E-state index in [9.17, 15) is 9.90 Å². The van der Waals surface area contributed by atoms with E-state index >= 15 is 0 Å². The maximum absolute atomic E-state index is 12.7. The van der Waals surface area contributed by atoms with Crippen LogP contribution in [-0.2, 0) is 0 Å². The number of tetrazole rings is 1. The molecule has 0 unspecified atom stereocenters. The van der Waals surface area contributed by atoms with Crippen LogP contribution in [0.3, 0.4) is 0 Å². The summed E-state index contributed by atoms with van der Waals surface area (Å²) in [6.45, 7) is 0. The van der Waals surface area contributed by atoms with E-state index in [0.717, 1.165) is 5.39 Å². The van der Waals surface area contributed by atoms with Crippen molar-refractivity contribution in [3.05, 3.63) is 65.2 Å². The average molecular weight is 366 g/mol. The molecule has 4 rings (SSSR count). The number of fused-ring (bicyclic) bond motifs is 1. The molecule has 0 aliphatic rings. The van der Waals surface area contributed by atoms with Crippen LogP contribution in [0.5, 0.6) is 5.75 Å². The summed E-state index contributed by atoms with van der Waals surface area (Å²) in [5, 5.41) is 28.9. The zero-order valence-corrected chi connectivity index (χ0v) is 14.0. The molecule has 26 heavy (non-hydrogen) atoms. The molecular formula is C18H12ClN5O2. The summed E-state index contributed by atoms with van der Waals surface area (Å²) < 4.78 is 0. The number of hydrogen-bond acceptors (Lipinski definition) is 5. The van der Waals surface area contributed by atoms with Crippen molar-refractivity contribution in [3.8, 4) is 17.1 Å². The second-order valence-electron chi connectivity index (χ2n) is 5.56. The lowest BCUT2D eigenvalue weighted by Gasteiger charge is -2.11. The summed E-state index contributed by atoms with van der Waals surface area (Å²) in [6, 6.07) is 15.6. The Bertz CT molecular complexity index is 1110. The summed E-state index contributed by atoms with van der Waals surface area (Å²) in [6.07, 6.45) is 0. The third-order valence-electron chi connectivity index (χ3n) is 3.96. The fraction of sp³-hybridized carbons (Fsp3) is 0. The molecule has 0 saturated heterocycles. The number of nitrogens with one attached hydrogen (secondary N) is 2. The van der Waals surface area contributed by atoms with Crippen LogP contribution >= 0.6 is 11.6 Å². The standard InChI is InChI=1S/C18H12ClN5O2/c19-11-6-8-13(17-21-23-24-22-17)15(9-11)20-18(26)14-7-5-10-3-1-2-4-12(10)16(14)25/h1-9,25H,(H,20,26)(H,21,22,23,24). The molecule has 0 spiro atoms. The average Bonchev–Trinajstić information content (AvgIpc) is 3.17. The highest BCUT2D eigenvalue weighted by Crippen LogP contribution is 2.31. The van der Waals surface area contributed by atoms with Crippen molar-refractivity contribution in [2.75, 3.05) is 5.32 Å². The number of aromatic nitrogens is 4. The first kappa shape index (κ1) is 16.0. The Kier molecular flexibility index (Phi) is 3.98. The number of phenolic OH excluding ortho intramolecular Hbond substituents is 1. The number of anilines is 1. The SMILES string of the molecule is O=C(Nc1cc(Cl)ccc1-c1nn[nH]n1)c1ccc2ccccc2c1O. The molecule has 0 atom stereocenters. The van der Waals surface area contributed by atoms with Crippen LogP contribution < -0.4 is 5.32 Å². The molecule has 4 aromatic rings. The van der Waals surface area contributed by atoms with E-state index < -0.39 is 5.91 Å². The lowest BCUT2D eigenvalue weighted by atomic mass is 10.0. The number of nitrogens with zero attached hydrogens (tertiary/aromatic N) is 3. The highest BCUT2D eigenvalue weighted by atomic mass is 35.5. The molecular weight excluding hydrogens is 354 g/mol. The first-order chi connectivity index (χ1) is 12.6. The van der Waals surface area contributed by atoms with E-state index in [1.54, 1.807) is 42.5 Å². The molecule has 1 amide bonds. The van der Waals surface area contributed by atoms with Gasteiger partial charge in [-0.2, -0.15) is 5.21 Å². The second-order valence-corrected chi connectivity index (χ2v) is 6.00. The molecule has 3 aromatic carbocycles. The molecule has 0 aliphatic carbocycles. The van der Waals surface area contributed by atoms with Crippen molar-refractivity contribution >= 4 is 34.0 Å². The number of amides is 1. The Labute approximate surface area is 152 Å². The predicted molar refractivity (Wildman–Crippen MR) is 98.2 cm³/mol. The van der Waals surface area contributed by atoms with Gasteiger partial charge in [0.1, 0.15) is 5.75 Å². The number of carbonyl (C=O) groups excluding carboxylic acids is 1. The van der Waals surface area contributed by atoms with Crippen molar-refractivity contribution in [1.82, 2.24) is 20.6 Å². The van der Waals surface area contributed by atoms with Crippen molar-refractivity contribution in [2.45, 2.75) is 0 Å². The van der Waals surface area contributed by atoms with E-state index in [1.807, 2.05) is 12.1 Å². The molecule has 8 heteroatoms. The largest absolute Gasteiger partial charge is 0.506 e. The van der Waals surface area contributed by atoms with Gasteiger partial charge in [-0.15, -0.1) is 10.2 Å². The number of phenols is 1. The monoisotopic (exact) mass is 365 g/mol. The van der Waals surface area contributed by atoms with Gasteiger partial charge < -0.3 is 10.4 Å². The maximum Gasteiger partial charge on any atom is 0.259 e. The Balaban J connectivity index is 1.73. The predicted octanol–water partition coefficient (Wildman–Crippen LogP) is 3.63. The van der Waals surface area contributed by atoms with Crippen LogP contribution in [0.2, 0.25) is 5.02 Å². The van der Waals surface area contributed by atoms with Crippen LogP contribution in [-0.4, -0.2) is 31.6 Å². The van der Waals surface area contributed by atoms with Crippen LogP contribution in [0.1, 0.15) is 10.4 Å². The minimum absolute atomic E-state index is 0.0799. The van der Waals surface area contributed by atoms with Gasteiger partial charge in [0.2, 0.25) is 5.82 Å². The van der Waals surface area contributed by atoms with Gasteiger partial charge in [-0.05, 0) is 34.9 Å². The van der Waals surface area contributed by atoms with Crippen molar-refractivity contribution in [1.29, 1.82) is 0 Å². The van der Waals surface area contributed by atoms with E-state index in [1.165, 1.54) is 0 Å². The van der Waals surface area contributed by atoms with Gasteiger partial charge in [0.05, 0.1) is 11.3 Å². The quantitative estimate of drug-likeness (QED) is 0.514. The first-order valence-corrected chi connectivity index (χ1v) is 8.07. The van der Waals surface area contributed by atoms with Gasteiger partial charge in [-0.25, -0.2) is 0 Å². The van der Waals surface area contributed by atoms with Crippen molar-refractivity contribution in [3.63, 3.8) is 0 Å². The van der Waals surface area contributed by atoms with Crippen LogP contribution in [0.4, 0.5) is 5.69 Å². The number of aromatic hydroxyl groups is 1. The Hall–Kier alpha value is -3.45. The van der Waals surface area contributed by atoms with Gasteiger partial charge in [0.25, 0.3) is 5.91 Å². The molecule has 1 heterocycles. The molecule has 0 aliphatic heterocycles. The highest BCUT2D eigenvalue weighted by molar-refractivity contribution is 6.31. The fourth-order valence-electron chi connectivity index (χ4n) is 2.72. The molecule has 0 bridgehead atoms. The molecule has 1 aromatic heterocycles. The smallest absolute Gasteiger partial charge is 0.259 e. The third-order valence-corrected chi connectivity index (χ3v) is 4.20. The Morgan fingerprint density at radius 1 is 1.12 bits per heavy atom. The van der Waals surface area contributed by atoms with Gasteiger partial charge in [-0.3, -0.25) is 4.79 Å². The molecule has 3 N–H and O–H groups in total. The fourth-order valence-corrected chi connectivity index (χ4v) is 2.89. The number of hydrogen-bond donors (Lipinski definition) is 3. The zero-order chi connectivity index (χ0) is 18.1. The number of H-pyrrole nitrogens is 1. The van der Waals surface area contributed by atoms with Crippen molar-refractivity contribution < 1.29 is 9.90 Å². The number of carbonyl (C=O) groups is 1. The highest BCUT2D eigenvalue weighted by Gasteiger charge is 2.17. The van der Waals surface area contributed by atoms with Gasteiger partial charge in [0, 0.05) is 16.0 Å². The second kappa shape index (κ2) is 6.45. The topological polar surface area (TPSA) is 104 Å². The van der Waals surface area contributed by atoms with Gasteiger partial charge in [0.15, 0.2) is 0 Å². The zero-order valence-electron chi connectivity index (χ0n) is 13.3. The van der Waals surface area contributed by atoms with Crippen LogP contribution in [0.25, 0.3) is 22.2 Å². The minimum Gasteiger partial charge on any atom is -0.506 e. The summed E-state index contributed by atoms with van der Waals surface area (Å²) in [5.74, 6) is -0.233. The van der Waals surface area contributed by atoms with Crippen LogP contribution in [0.15, 0.2) is 54.6 Å². The number of benzene rings is 3. The Morgan fingerprint density at radius 2 is 1.96 bits per heavy atom. The molecule has 128 valence electrons. The molecule has 0 saturated carbocycles. The maximum atomic E-state index is 12.7. The number of halogens is 1.